The summed E-state index contributed by atoms with van der Waals surface area (Å²) >= 11 is 0. The molecule has 0 spiro atoms. The maximum absolute atomic E-state index is 8.13. The first-order valence-electron chi connectivity index (χ1n) is 5.60. The highest BCUT2D eigenvalue weighted by atomic mass is 15.2. The number of rotatable bonds is 6. The van der Waals surface area contributed by atoms with Crippen LogP contribution in [0.5, 0.6) is 0 Å². The van der Waals surface area contributed by atoms with Crippen LogP contribution in [-0.4, -0.2) is 56.6 Å². The van der Waals surface area contributed by atoms with Crippen LogP contribution in [0.15, 0.2) is 5.11 Å². The average Bonchev–Trinajstić information content (AvgIpc) is 2.59. The summed E-state index contributed by atoms with van der Waals surface area (Å²) in [4.78, 5) is 7.48. The predicted molar refractivity (Wildman–Crippen MR) is 61.7 cm³/mol. The van der Waals surface area contributed by atoms with Gasteiger partial charge in [0.15, 0.2) is 0 Å². The SMILES string of the molecule is CN(CCCN=[N+]=[N-])CC1CCN(C)C1. The van der Waals surface area contributed by atoms with Crippen molar-refractivity contribution in [1.29, 1.82) is 0 Å². The summed E-state index contributed by atoms with van der Waals surface area (Å²) < 4.78 is 0. The quantitative estimate of drug-likeness (QED) is 0.290. The van der Waals surface area contributed by atoms with Gasteiger partial charge in [0.2, 0.25) is 0 Å². The second-order valence-corrected chi connectivity index (χ2v) is 4.49. The molecule has 5 heteroatoms. The number of likely N-dealkylation sites (tertiary alicyclic amines) is 1. The van der Waals surface area contributed by atoms with Gasteiger partial charge in [0.25, 0.3) is 0 Å². The Balaban J connectivity index is 2.07. The standard InChI is InChI=1S/C10H21N5/c1-14(6-3-5-12-13-11)8-10-4-7-15(2)9-10/h10H,3-9H2,1-2H3. The molecule has 1 heterocycles. The highest BCUT2D eigenvalue weighted by Crippen LogP contribution is 2.14. The van der Waals surface area contributed by atoms with Crippen LogP contribution in [0.4, 0.5) is 0 Å². The molecule has 0 aromatic heterocycles. The third kappa shape index (κ3) is 5.02. The fraction of sp³-hybridized carbons (Fsp3) is 1.00. The molecule has 5 nitrogen and oxygen atoms in total. The first-order chi connectivity index (χ1) is 7.22. The van der Waals surface area contributed by atoms with E-state index in [9.17, 15) is 0 Å². The van der Waals surface area contributed by atoms with Crippen LogP contribution in [0.2, 0.25) is 0 Å². The molecule has 1 saturated heterocycles. The lowest BCUT2D eigenvalue weighted by atomic mass is 10.1. The lowest BCUT2D eigenvalue weighted by Crippen LogP contribution is -2.28. The molecule has 0 N–H and O–H groups in total. The van der Waals surface area contributed by atoms with Gasteiger partial charge in [-0.3, -0.25) is 0 Å². The molecule has 1 aliphatic heterocycles. The molecule has 86 valence electrons. The van der Waals surface area contributed by atoms with E-state index in [0.717, 1.165) is 18.9 Å². The molecule has 1 fully saturated rings. The smallest absolute Gasteiger partial charge is 0.0270 e. The monoisotopic (exact) mass is 211 g/mol. The van der Waals surface area contributed by atoms with Crippen molar-refractivity contribution in [3.05, 3.63) is 10.4 Å². The molecule has 1 rings (SSSR count). The largest absolute Gasteiger partial charge is 0.306 e. The summed E-state index contributed by atoms with van der Waals surface area (Å²) in [5.41, 5.74) is 8.13. The van der Waals surface area contributed by atoms with Gasteiger partial charge < -0.3 is 9.80 Å². The normalized spacial score (nSPS) is 21.9. The summed E-state index contributed by atoms with van der Waals surface area (Å²) in [7, 11) is 4.33. The molecule has 1 atom stereocenters. The summed E-state index contributed by atoms with van der Waals surface area (Å²) in [6.45, 7) is 5.27. The maximum Gasteiger partial charge on any atom is 0.0270 e. The van der Waals surface area contributed by atoms with Crippen molar-refractivity contribution >= 4 is 0 Å². The van der Waals surface area contributed by atoms with E-state index in [0.29, 0.717) is 6.54 Å². The Morgan fingerprint density at radius 1 is 1.60 bits per heavy atom. The Hall–Kier alpha value is -0.770. The van der Waals surface area contributed by atoms with Crippen LogP contribution >= 0.6 is 0 Å². The lowest BCUT2D eigenvalue weighted by molar-refractivity contribution is 0.272. The molecule has 0 bridgehead atoms. The van der Waals surface area contributed by atoms with Gasteiger partial charge in [-0.15, -0.1) is 0 Å². The van der Waals surface area contributed by atoms with Crippen molar-refractivity contribution in [2.75, 3.05) is 46.8 Å². The van der Waals surface area contributed by atoms with Gasteiger partial charge in [-0.05, 0) is 51.5 Å². The highest BCUT2D eigenvalue weighted by Gasteiger charge is 2.20. The fourth-order valence-corrected chi connectivity index (χ4v) is 2.16. The van der Waals surface area contributed by atoms with Gasteiger partial charge in [0, 0.05) is 24.5 Å². The predicted octanol–water partition coefficient (Wildman–Crippen LogP) is 1.57. The van der Waals surface area contributed by atoms with E-state index in [4.69, 9.17) is 5.53 Å². The van der Waals surface area contributed by atoms with Gasteiger partial charge in [0.1, 0.15) is 0 Å². The van der Waals surface area contributed by atoms with E-state index in [1.54, 1.807) is 0 Å². The van der Waals surface area contributed by atoms with Crippen LogP contribution in [0.25, 0.3) is 10.4 Å². The molecule has 0 radical (unpaired) electrons. The Labute approximate surface area is 91.7 Å². The van der Waals surface area contributed by atoms with Crippen LogP contribution < -0.4 is 0 Å². The Morgan fingerprint density at radius 3 is 3.00 bits per heavy atom. The molecule has 1 aliphatic rings. The summed E-state index contributed by atoms with van der Waals surface area (Å²) in [6, 6.07) is 0. The van der Waals surface area contributed by atoms with Crippen molar-refractivity contribution in [1.82, 2.24) is 9.80 Å². The Morgan fingerprint density at radius 2 is 2.40 bits per heavy atom. The summed E-state index contributed by atoms with van der Waals surface area (Å²) in [5, 5.41) is 3.53. The minimum Gasteiger partial charge on any atom is -0.306 e. The minimum absolute atomic E-state index is 0.616. The van der Waals surface area contributed by atoms with Crippen LogP contribution in [-0.2, 0) is 0 Å². The van der Waals surface area contributed by atoms with Crippen LogP contribution in [0.1, 0.15) is 12.8 Å². The molecule has 0 aliphatic carbocycles. The third-order valence-electron chi connectivity index (χ3n) is 2.92. The van der Waals surface area contributed by atoms with Gasteiger partial charge in [-0.25, -0.2) is 0 Å². The first kappa shape index (κ1) is 12.3. The molecule has 15 heavy (non-hydrogen) atoms. The molecule has 0 aromatic carbocycles. The van der Waals surface area contributed by atoms with E-state index in [-0.39, 0.29) is 0 Å². The van der Waals surface area contributed by atoms with E-state index in [2.05, 4.69) is 33.9 Å². The van der Waals surface area contributed by atoms with E-state index in [1.165, 1.54) is 26.1 Å². The summed E-state index contributed by atoms with van der Waals surface area (Å²) in [5.74, 6) is 0.819. The van der Waals surface area contributed by atoms with Crippen molar-refractivity contribution in [3.63, 3.8) is 0 Å². The number of azide groups is 1. The minimum atomic E-state index is 0.616. The Bertz CT molecular complexity index is 224. The molecular formula is C10H21N5. The van der Waals surface area contributed by atoms with Crippen molar-refractivity contribution < 1.29 is 0 Å². The summed E-state index contributed by atoms with van der Waals surface area (Å²) in [6.07, 6.45) is 2.28. The zero-order chi connectivity index (χ0) is 11.1. The van der Waals surface area contributed by atoms with Gasteiger partial charge in [0.05, 0.1) is 0 Å². The average molecular weight is 211 g/mol. The van der Waals surface area contributed by atoms with Crippen molar-refractivity contribution in [2.45, 2.75) is 12.8 Å². The van der Waals surface area contributed by atoms with Crippen LogP contribution in [0.3, 0.4) is 0 Å². The molecule has 0 amide bonds. The second-order valence-electron chi connectivity index (χ2n) is 4.49. The number of nitrogens with zero attached hydrogens (tertiary/aromatic N) is 5. The second kappa shape index (κ2) is 6.67. The fourth-order valence-electron chi connectivity index (χ4n) is 2.16. The third-order valence-corrected chi connectivity index (χ3v) is 2.92. The number of hydrogen-bond acceptors (Lipinski definition) is 3. The molecule has 0 saturated carbocycles. The van der Waals surface area contributed by atoms with Crippen LogP contribution in [0, 0.1) is 5.92 Å². The lowest BCUT2D eigenvalue weighted by Gasteiger charge is -2.20. The van der Waals surface area contributed by atoms with Gasteiger partial charge >= 0.3 is 0 Å². The zero-order valence-corrected chi connectivity index (χ0v) is 9.76. The Kier molecular flexibility index (Phi) is 5.47. The van der Waals surface area contributed by atoms with E-state index >= 15 is 0 Å². The van der Waals surface area contributed by atoms with Crippen molar-refractivity contribution in [3.8, 4) is 0 Å². The van der Waals surface area contributed by atoms with E-state index < -0.39 is 0 Å². The van der Waals surface area contributed by atoms with Crippen molar-refractivity contribution in [2.24, 2.45) is 11.0 Å². The van der Waals surface area contributed by atoms with Gasteiger partial charge in [-0.2, -0.15) is 0 Å². The maximum atomic E-state index is 8.13. The zero-order valence-electron chi connectivity index (χ0n) is 9.76. The first-order valence-corrected chi connectivity index (χ1v) is 5.60. The molecule has 0 aromatic rings. The van der Waals surface area contributed by atoms with E-state index in [1.807, 2.05) is 0 Å². The van der Waals surface area contributed by atoms with Gasteiger partial charge in [-0.1, -0.05) is 5.11 Å². The topological polar surface area (TPSA) is 55.2 Å². The molecular weight excluding hydrogens is 190 g/mol. The number of hydrogen-bond donors (Lipinski definition) is 0. The highest BCUT2D eigenvalue weighted by molar-refractivity contribution is 4.75. The molecule has 1 unspecified atom stereocenters.